The summed E-state index contributed by atoms with van der Waals surface area (Å²) < 4.78 is 28.3. The Morgan fingerprint density at radius 3 is 2.31 bits per heavy atom. The average Bonchev–Trinajstić information content (AvgIpc) is 3.15. The van der Waals surface area contributed by atoms with Gasteiger partial charge in [-0.2, -0.15) is 4.31 Å². The molecule has 170 valence electrons. The van der Waals surface area contributed by atoms with Gasteiger partial charge in [0.2, 0.25) is 10.0 Å². The van der Waals surface area contributed by atoms with Gasteiger partial charge in [0.15, 0.2) is 5.13 Å². The summed E-state index contributed by atoms with van der Waals surface area (Å²) in [6.45, 7) is 8.78. The minimum atomic E-state index is -3.55. The zero-order valence-corrected chi connectivity index (χ0v) is 20.4. The molecular weight excluding hydrogens is 444 g/mol. The smallest absolute Gasteiger partial charge is 0.257 e. The van der Waals surface area contributed by atoms with Crippen LogP contribution in [0.15, 0.2) is 47.4 Å². The summed E-state index contributed by atoms with van der Waals surface area (Å²) in [4.78, 5) is 19.5. The van der Waals surface area contributed by atoms with E-state index in [0.717, 1.165) is 23.4 Å². The van der Waals surface area contributed by atoms with Crippen LogP contribution >= 0.6 is 11.3 Å². The van der Waals surface area contributed by atoms with Gasteiger partial charge in [-0.1, -0.05) is 44.2 Å². The number of hydrogen-bond donors (Lipinski definition) is 1. The molecule has 1 aliphatic rings. The van der Waals surface area contributed by atoms with Gasteiger partial charge >= 0.3 is 0 Å². The van der Waals surface area contributed by atoms with E-state index in [0.29, 0.717) is 29.3 Å². The maximum Gasteiger partial charge on any atom is 0.257 e. The molecule has 0 aliphatic carbocycles. The summed E-state index contributed by atoms with van der Waals surface area (Å²) in [6.07, 6.45) is 0. The van der Waals surface area contributed by atoms with Crippen molar-refractivity contribution in [3.63, 3.8) is 0 Å². The number of rotatable bonds is 4. The Kier molecular flexibility index (Phi) is 6.10. The highest BCUT2D eigenvalue weighted by Crippen LogP contribution is 2.30. The number of benzene rings is 2. The summed E-state index contributed by atoms with van der Waals surface area (Å²) >= 11 is 1.27. The molecule has 7 nitrogen and oxygen atoms in total. The number of anilines is 1. The van der Waals surface area contributed by atoms with Crippen molar-refractivity contribution in [2.45, 2.75) is 31.1 Å². The molecule has 0 radical (unpaired) electrons. The van der Waals surface area contributed by atoms with Gasteiger partial charge in [-0.3, -0.25) is 10.1 Å². The normalized spacial score (nSPS) is 16.4. The van der Waals surface area contributed by atoms with E-state index in [9.17, 15) is 13.2 Å². The van der Waals surface area contributed by atoms with E-state index in [4.69, 9.17) is 0 Å². The van der Waals surface area contributed by atoms with E-state index < -0.39 is 10.0 Å². The average molecular weight is 473 g/mol. The van der Waals surface area contributed by atoms with Gasteiger partial charge < -0.3 is 4.90 Å². The lowest BCUT2D eigenvalue weighted by Gasteiger charge is -2.31. The lowest BCUT2D eigenvalue weighted by atomic mass is 9.87. The molecule has 32 heavy (non-hydrogen) atoms. The van der Waals surface area contributed by atoms with Crippen LogP contribution in [0.5, 0.6) is 0 Å². The van der Waals surface area contributed by atoms with Gasteiger partial charge in [-0.25, -0.2) is 13.4 Å². The third-order valence-electron chi connectivity index (χ3n) is 5.69. The van der Waals surface area contributed by atoms with Crippen LogP contribution in [-0.2, 0) is 15.4 Å². The Bertz CT molecular complexity index is 1240. The van der Waals surface area contributed by atoms with Crippen molar-refractivity contribution in [1.29, 1.82) is 0 Å². The molecule has 1 aromatic heterocycles. The lowest BCUT2D eigenvalue weighted by Crippen LogP contribution is -2.46. The first kappa shape index (κ1) is 22.8. The Morgan fingerprint density at radius 2 is 1.69 bits per heavy atom. The molecule has 1 fully saturated rings. The number of hydrogen-bond acceptors (Lipinski definition) is 6. The van der Waals surface area contributed by atoms with Crippen LogP contribution in [0.4, 0.5) is 5.13 Å². The number of aromatic nitrogens is 1. The Morgan fingerprint density at radius 1 is 1.03 bits per heavy atom. The van der Waals surface area contributed by atoms with Crippen molar-refractivity contribution in [1.82, 2.24) is 14.2 Å². The molecule has 2 heterocycles. The van der Waals surface area contributed by atoms with Crippen molar-refractivity contribution in [2.24, 2.45) is 0 Å². The molecule has 1 N–H and O–H groups in total. The number of carbonyl (C=O) groups excluding carboxylic acids is 1. The molecule has 4 rings (SSSR count). The number of piperazine rings is 1. The number of amides is 1. The van der Waals surface area contributed by atoms with Crippen LogP contribution in [0.25, 0.3) is 10.2 Å². The molecule has 0 spiro atoms. The predicted molar refractivity (Wildman–Crippen MR) is 129 cm³/mol. The van der Waals surface area contributed by atoms with Gasteiger partial charge in [-0.05, 0) is 48.4 Å². The first-order valence-corrected chi connectivity index (χ1v) is 12.8. The SMILES string of the molecule is CN1CCN(S(=O)(=O)c2ccc3nc(NC(=O)c4ccc(C(C)(C)C)cc4)sc3c2)CC1. The Labute approximate surface area is 193 Å². The first-order valence-electron chi connectivity index (χ1n) is 10.6. The molecule has 9 heteroatoms. The van der Waals surface area contributed by atoms with Crippen LogP contribution in [0.2, 0.25) is 0 Å². The van der Waals surface area contributed by atoms with Gasteiger partial charge in [0.25, 0.3) is 5.91 Å². The van der Waals surface area contributed by atoms with E-state index in [1.54, 1.807) is 18.2 Å². The molecule has 0 unspecified atom stereocenters. The zero-order valence-electron chi connectivity index (χ0n) is 18.8. The molecule has 0 bridgehead atoms. The van der Waals surface area contributed by atoms with E-state index >= 15 is 0 Å². The molecule has 0 saturated carbocycles. The number of nitrogens with one attached hydrogen (secondary N) is 1. The third-order valence-corrected chi connectivity index (χ3v) is 8.52. The number of sulfonamides is 1. The monoisotopic (exact) mass is 472 g/mol. The van der Waals surface area contributed by atoms with Crippen LogP contribution in [0.3, 0.4) is 0 Å². The highest BCUT2D eigenvalue weighted by atomic mass is 32.2. The number of likely N-dealkylation sites (N-methyl/N-ethyl adjacent to an activating group) is 1. The van der Waals surface area contributed by atoms with Gasteiger partial charge in [0, 0.05) is 31.7 Å². The topological polar surface area (TPSA) is 82.6 Å². The third kappa shape index (κ3) is 4.71. The summed E-state index contributed by atoms with van der Waals surface area (Å²) in [6, 6.07) is 12.5. The second-order valence-corrected chi connectivity index (χ2v) is 12.1. The minimum absolute atomic E-state index is 0.0181. The maximum atomic E-state index is 13.0. The summed E-state index contributed by atoms with van der Waals surface area (Å²) in [5.74, 6) is -0.241. The van der Waals surface area contributed by atoms with Crippen molar-refractivity contribution < 1.29 is 13.2 Å². The number of carbonyl (C=O) groups is 1. The van der Waals surface area contributed by atoms with Crippen molar-refractivity contribution in [2.75, 3.05) is 38.5 Å². The largest absolute Gasteiger partial charge is 0.304 e. The molecule has 3 aromatic rings. The van der Waals surface area contributed by atoms with E-state index in [1.807, 2.05) is 31.3 Å². The Balaban J connectivity index is 1.52. The predicted octanol–water partition coefficient (Wildman–Crippen LogP) is 3.78. The van der Waals surface area contributed by atoms with Crippen LogP contribution in [0, 0.1) is 0 Å². The van der Waals surface area contributed by atoms with Gasteiger partial charge in [0.05, 0.1) is 15.1 Å². The van der Waals surface area contributed by atoms with Crippen LogP contribution in [-0.4, -0.2) is 61.7 Å². The Hall–Kier alpha value is -2.33. The summed E-state index contributed by atoms with van der Waals surface area (Å²) in [5, 5.41) is 3.28. The number of fused-ring (bicyclic) bond motifs is 1. The lowest BCUT2D eigenvalue weighted by molar-refractivity contribution is 0.102. The summed E-state index contributed by atoms with van der Waals surface area (Å²) in [5.41, 5.74) is 2.38. The standard InChI is InChI=1S/C23H28N4O3S2/c1-23(2,3)17-7-5-16(6-8-17)21(28)25-22-24-19-10-9-18(15-20(19)31-22)32(29,30)27-13-11-26(4)12-14-27/h5-10,15H,11-14H2,1-4H3,(H,24,25,28). The molecule has 1 amide bonds. The molecule has 0 atom stereocenters. The fraction of sp³-hybridized carbons (Fsp3) is 0.391. The fourth-order valence-electron chi connectivity index (χ4n) is 3.59. The van der Waals surface area contributed by atoms with E-state index in [-0.39, 0.29) is 16.2 Å². The van der Waals surface area contributed by atoms with Crippen LogP contribution < -0.4 is 5.32 Å². The molecular formula is C23H28N4O3S2. The molecule has 1 aliphatic heterocycles. The van der Waals surface area contributed by atoms with E-state index in [1.165, 1.54) is 15.6 Å². The number of nitrogens with zero attached hydrogens (tertiary/aromatic N) is 3. The second kappa shape index (κ2) is 8.55. The van der Waals surface area contributed by atoms with Crippen molar-refractivity contribution in [3.8, 4) is 0 Å². The maximum absolute atomic E-state index is 13.0. The highest BCUT2D eigenvalue weighted by molar-refractivity contribution is 7.89. The second-order valence-electron chi connectivity index (χ2n) is 9.14. The van der Waals surface area contributed by atoms with Gasteiger partial charge in [0.1, 0.15) is 0 Å². The first-order chi connectivity index (χ1) is 15.0. The fourth-order valence-corrected chi connectivity index (χ4v) is 6.01. The summed E-state index contributed by atoms with van der Waals surface area (Å²) in [7, 11) is -1.56. The van der Waals surface area contributed by atoms with E-state index in [2.05, 4.69) is 36.0 Å². The highest BCUT2D eigenvalue weighted by Gasteiger charge is 2.28. The minimum Gasteiger partial charge on any atom is -0.304 e. The van der Waals surface area contributed by atoms with Gasteiger partial charge in [-0.15, -0.1) is 0 Å². The molecule has 2 aromatic carbocycles. The zero-order chi connectivity index (χ0) is 23.1. The van der Waals surface area contributed by atoms with Crippen molar-refractivity contribution in [3.05, 3.63) is 53.6 Å². The number of thiazole rings is 1. The van der Waals surface area contributed by atoms with Crippen LogP contribution in [0.1, 0.15) is 36.7 Å². The molecule has 1 saturated heterocycles. The van der Waals surface area contributed by atoms with Crippen molar-refractivity contribution >= 4 is 42.6 Å². The quantitative estimate of drug-likeness (QED) is 0.625.